The summed E-state index contributed by atoms with van der Waals surface area (Å²) in [5.41, 5.74) is 3.51. The molecule has 1 N–H and O–H groups in total. The highest BCUT2D eigenvalue weighted by atomic mass is 16.5. The molecule has 0 aliphatic rings. The summed E-state index contributed by atoms with van der Waals surface area (Å²) in [5, 5.41) is 7.91. The first-order valence-corrected chi connectivity index (χ1v) is 7.82. The molecule has 4 aromatic heterocycles. The summed E-state index contributed by atoms with van der Waals surface area (Å²) in [4.78, 5) is 12.9. The molecular weight excluding hydrogens is 316 g/mol. The molecule has 0 unspecified atom stereocenters. The van der Waals surface area contributed by atoms with Crippen molar-refractivity contribution in [1.29, 1.82) is 0 Å². The number of nitrogens with zero attached hydrogens (tertiary/aromatic N) is 5. The zero-order valence-electron chi connectivity index (χ0n) is 13.6. The lowest BCUT2D eigenvalue weighted by Gasteiger charge is -2.07. The number of ether oxygens (including phenoxy) is 1. The lowest BCUT2D eigenvalue weighted by atomic mass is 10.2. The summed E-state index contributed by atoms with van der Waals surface area (Å²) in [5.74, 6) is 1.32. The highest BCUT2D eigenvalue weighted by molar-refractivity contribution is 5.63. The van der Waals surface area contributed by atoms with Crippen LogP contribution >= 0.6 is 0 Å². The molecule has 4 aromatic rings. The summed E-state index contributed by atoms with van der Waals surface area (Å²) >= 11 is 0. The maximum absolute atomic E-state index is 5.10. The van der Waals surface area contributed by atoms with Crippen molar-refractivity contribution in [1.82, 2.24) is 24.6 Å². The second-order valence-corrected chi connectivity index (χ2v) is 5.40. The Morgan fingerprint density at radius 2 is 1.96 bits per heavy atom. The van der Waals surface area contributed by atoms with Crippen molar-refractivity contribution in [2.75, 3.05) is 12.4 Å². The number of fused-ring (bicyclic) bond motifs is 1. The summed E-state index contributed by atoms with van der Waals surface area (Å²) < 4.78 is 6.90. The summed E-state index contributed by atoms with van der Waals surface area (Å²) in [6, 6.07) is 13.4. The SMILES string of the molecule is COc1ccc(-c2cnc3ccc(NCc4ccccn4)nn23)cn1. The molecule has 0 aliphatic heterocycles. The number of anilines is 1. The number of nitrogens with one attached hydrogen (secondary N) is 1. The van der Waals surface area contributed by atoms with E-state index in [0.717, 1.165) is 28.4 Å². The summed E-state index contributed by atoms with van der Waals surface area (Å²) in [6.07, 6.45) is 5.31. The van der Waals surface area contributed by atoms with Crippen molar-refractivity contribution in [3.63, 3.8) is 0 Å². The van der Waals surface area contributed by atoms with E-state index in [1.807, 2.05) is 42.5 Å². The van der Waals surface area contributed by atoms with E-state index < -0.39 is 0 Å². The summed E-state index contributed by atoms with van der Waals surface area (Å²) in [6.45, 7) is 0.605. The number of pyridine rings is 2. The van der Waals surface area contributed by atoms with Gasteiger partial charge < -0.3 is 10.1 Å². The fourth-order valence-electron chi connectivity index (χ4n) is 2.50. The molecular formula is C18H16N6O. The molecule has 0 fully saturated rings. The highest BCUT2D eigenvalue weighted by Crippen LogP contribution is 2.21. The van der Waals surface area contributed by atoms with E-state index in [-0.39, 0.29) is 0 Å². The van der Waals surface area contributed by atoms with Gasteiger partial charge in [0.15, 0.2) is 5.65 Å². The van der Waals surface area contributed by atoms with Crippen LogP contribution in [0.15, 0.2) is 61.1 Å². The predicted octanol–water partition coefficient (Wildman–Crippen LogP) is 2.81. The van der Waals surface area contributed by atoms with Crippen molar-refractivity contribution in [3.05, 3.63) is 66.7 Å². The van der Waals surface area contributed by atoms with Gasteiger partial charge in [-0.3, -0.25) is 4.98 Å². The lowest BCUT2D eigenvalue weighted by Crippen LogP contribution is -2.05. The van der Waals surface area contributed by atoms with Gasteiger partial charge in [0.1, 0.15) is 5.82 Å². The Bertz CT molecular complexity index is 982. The average molecular weight is 332 g/mol. The van der Waals surface area contributed by atoms with Crippen LogP contribution in [0.2, 0.25) is 0 Å². The van der Waals surface area contributed by atoms with E-state index >= 15 is 0 Å². The fourth-order valence-corrected chi connectivity index (χ4v) is 2.50. The zero-order chi connectivity index (χ0) is 17.1. The van der Waals surface area contributed by atoms with E-state index in [2.05, 4.69) is 25.4 Å². The minimum atomic E-state index is 0.572. The largest absolute Gasteiger partial charge is 0.481 e. The van der Waals surface area contributed by atoms with Crippen LogP contribution in [0, 0.1) is 0 Å². The third kappa shape index (κ3) is 3.12. The second kappa shape index (κ2) is 6.56. The van der Waals surface area contributed by atoms with Crippen molar-refractivity contribution in [2.24, 2.45) is 0 Å². The minimum absolute atomic E-state index is 0.572. The molecule has 7 heteroatoms. The number of imidazole rings is 1. The quantitative estimate of drug-likeness (QED) is 0.605. The van der Waals surface area contributed by atoms with Gasteiger partial charge in [0.05, 0.1) is 31.2 Å². The molecule has 0 saturated carbocycles. The maximum atomic E-state index is 5.10. The van der Waals surface area contributed by atoms with Crippen LogP contribution in [-0.2, 0) is 6.54 Å². The first-order chi connectivity index (χ1) is 12.3. The third-order valence-electron chi connectivity index (χ3n) is 3.78. The standard InChI is InChI=1S/C18H16N6O/c1-25-18-8-5-13(10-22-18)15-12-21-17-7-6-16(23-24(15)17)20-11-14-4-2-3-9-19-14/h2-10,12H,11H2,1H3,(H,20,23). The van der Waals surface area contributed by atoms with Crippen LogP contribution in [-0.4, -0.2) is 31.7 Å². The Balaban J connectivity index is 1.62. The van der Waals surface area contributed by atoms with Crippen molar-refractivity contribution < 1.29 is 4.74 Å². The minimum Gasteiger partial charge on any atom is -0.481 e. The fraction of sp³-hybridized carbons (Fsp3) is 0.111. The third-order valence-corrected chi connectivity index (χ3v) is 3.78. The van der Waals surface area contributed by atoms with Crippen molar-refractivity contribution in [3.8, 4) is 17.1 Å². The molecule has 0 aromatic carbocycles. The smallest absolute Gasteiger partial charge is 0.212 e. The molecule has 4 heterocycles. The predicted molar refractivity (Wildman–Crippen MR) is 94.3 cm³/mol. The van der Waals surface area contributed by atoms with E-state index in [1.54, 1.807) is 30.2 Å². The van der Waals surface area contributed by atoms with Gasteiger partial charge in [-0.25, -0.2) is 14.5 Å². The van der Waals surface area contributed by atoms with Crippen molar-refractivity contribution in [2.45, 2.75) is 6.54 Å². The van der Waals surface area contributed by atoms with Crippen LogP contribution in [0.5, 0.6) is 5.88 Å². The van der Waals surface area contributed by atoms with Gasteiger partial charge in [0.25, 0.3) is 0 Å². The number of aromatic nitrogens is 5. The van der Waals surface area contributed by atoms with Crippen LogP contribution in [0.25, 0.3) is 16.9 Å². The molecule has 0 saturated heterocycles. The normalized spacial score (nSPS) is 10.8. The first kappa shape index (κ1) is 15.1. The zero-order valence-corrected chi connectivity index (χ0v) is 13.6. The molecule has 7 nitrogen and oxygen atoms in total. The van der Waals surface area contributed by atoms with E-state index in [4.69, 9.17) is 4.74 Å². The topological polar surface area (TPSA) is 77.2 Å². The molecule has 0 bridgehead atoms. The number of hydrogen-bond donors (Lipinski definition) is 1. The Kier molecular flexibility index (Phi) is 3.96. The van der Waals surface area contributed by atoms with E-state index in [1.165, 1.54) is 0 Å². The maximum Gasteiger partial charge on any atom is 0.212 e. The van der Waals surface area contributed by atoms with E-state index in [0.29, 0.717) is 12.4 Å². The molecule has 0 radical (unpaired) electrons. The van der Waals surface area contributed by atoms with Gasteiger partial charge in [-0.1, -0.05) is 6.07 Å². The molecule has 0 aliphatic carbocycles. The summed E-state index contributed by atoms with van der Waals surface area (Å²) in [7, 11) is 1.59. The number of methoxy groups -OCH3 is 1. The molecule has 4 rings (SSSR count). The Hall–Kier alpha value is -3.48. The van der Waals surface area contributed by atoms with Crippen LogP contribution in [0.3, 0.4) is 0 Å². The van der Waals surface area contributed by atoms with Crippen molar-refractivity contribution >= 4 is 11.5 Å². The van der Waals surface area contributed by atoms with Gasteiger partial charge in [-0.15, -0.1) is 5.10 Å². The Morgan fingerprint density at radius 1 is 1.00 bits per heavy atom. The molecule has 0 spiro atoms. The van der Waals surface area contributed by atoms with Gasteiger partial charge in [-0.2, -0.15) is 0 Å². The molecule has 0 atom stereocenters. The van der Waals surface area contributed by atoms with Gasteiger partial charge >= 0.3 is 0 Å². The van der Waals surface area contributed by atoms with Crippen LogP contribution in [0.1, 0.15) is 5.69 Å². The highest BCUT2D eigenvalue weighted by Gasteiger charge is 2.09. The van der Waals surface area contributed by atoms with E-state index in [9.17, 15) is 0 Å². The molecule has 124 valence electrons. The van der Waals surface area contributed by atoms with Gasteiger partial charge in [0, 0.05) is 24.0 Å². The molecule has 25 heavy (non-hydrogen) atoms. The van der Waals surface area contributed by atoms with Crippen LogP contribution < -0.4 is 10.1 Å². The number of hydrogen-bond acceptors (Lipinski definition) is 6. The monoisotopic (exact) mass is 332 g/mol. The van der Waals surface area contributed by atoms with Gasteiger partial charge in [0.2, 0.25) is 5.88 Å². The average Bonchev–Trinajstić information content (AvgIpc) is 3.10. The second-order valence-electron chi connectivity index (χ2n) is 5.40. The Morgan fingerprint density at radius 3 is 2.72 bits per heavy atom. The molecule has 0 amide bonds. The van der Waals surface area contributed by atoms with Crippen LogP contribution in [0.4, 0.5) is 5.82 Å². The Labute approximate surface area is 144 Å². The lowest BCUT2D eigenvalue weighted by molar-refractivity contribution is 0.398. The first-order valence-electron chi connectivity index (χ1n) is 7.82. The number of rotatable bonds is 5. The van der Waals surface area contributed by atoms with Gasteiger partial charge in [-0.05, 0) is 30.3 Å².